The van der Waals surface area contributed by atoms with Gasteiger partial charge >= 0.3 is 0 Å². The first-order valence-electron chi connectivity index (χ1n) is 8.22. The molecule has 4 heteroatoms. The maximum atomic E-state index is 12.0. The summed E-state index contributed by atoms with van der Waals surface area (Å²) in [4.78, 5) is 23.9. The van der Waals surface area contributed by atoms with Crippen molar-refractivity contribution in [1.82, 2.24) is 10.6 Å². The van der Waals surface area contributed by atoms with Gasteiger partial charge in [0.05, 0.1) is 0 Å². The van der Waals surface area contributed by atoms with Crippen LogP contribution in [0.4, 0.5) is 0 Å². The highest BCUT2D eigenvalue weighted by molar-refractivity contribution is 5.83. The van der Waals surface area contributed by atoms with Crippen LogP contribution in [-0.2, 0) is 9.59 Å². The Balaban J connectivity index is 1.93. The Morgan fingerprint density at radius 3 is 2.65 bits per heavy atom. The number of rotatable bonds is 5. The Hall–Kier alpha value is -1.06. The zero-order valence-corrected chi connectivity index (χ0v) is 12.7. The van der Waals surface area contributed by atoms with Gasteiger partial charge in [0.1, 0.15) is 0 Å². The number of amides is 2. The third kappa shape index (κ3) is 3.74. The average molecular weight is 280 g/mol. The van der Waals surface area contributed by atoms with Crippen molar-refractivity contribution < 1.29 is 9.59 Å². The minimum atomic E-state index is 0.0507. The summed E-state index contributed by atoms with van der Waals surface area (Å²) in [5, 5.41) is 6.04. The maximum absolute atomic E-state index is 12.0. The topological polar surface area (TPSA) is 58.2 Å². The van der Waals surface area contributed by atoms with Crippen LogP contribution in [0.15, 0.2) is 0 Å². The lowest BCUT2D eigenvalue weighted by Crippen LogP contribution is -2.41. The lowest BCUT2D eigenvalue weighted by molar-refractivity contribution is -0.122. The van der Waals surface area contributed by atoms with Crippen molar-refractivity contribution in [2.24, 2.45) is 5.41 Å². The van der Waals surface area contributed by atoms with Crippen LogP contribution in [-0.4, -0.2) is 24.4 Å². The van der Waals surface area contributed by atoms with Crippen molar-refractivity contribution in [1.29, 1.82) is 0 Å². The number of hydrogen-bond donors (Lipinski definition) is 2. The summed E-state index contributed by atoms with van der Waals surface area (Å²) in [7, 11) is 0. The van der Waals surface area contributed by atoms with Crippen LogP contribution in [0.25, 0.3) is 0 Å². The van der Waals surface area contributed by atoms with Crippen molar-refractivity contribution in [2.75, 3.05) is 6.54 Å². The molecule has 1 unspecified atom stereocenters. The van der Waals surface area contributed by atoms with E-state index in [1.165, 1.54) is 25.7 Å². The van der Waals surface area contributed by atoms with Crippen molar-refractivity contribution in [3.63, 3.8) is 0 Å². The van der Waals surface area contributed by atoms with E-state index in [4.69, 9.17) is 0 Å². The second-order valence-electron chi connectivity index (χ2n) is 6.48. The molecule has 1 aliphatic heterocycles. The molecule has 1 heterocycles. The zero-order chi connectivity index (χ0) is 14.4. The molecule has 20 heavy (non-hydrogen) atoms. The van der Waals surface area contributed by atoms with Crippen molar-refractivity contribution in [2.45, 2.75) is 77.2 Å². The molecule has 1 spiro atoms. The third-order valence-electron chi connectivity index (χ3n) is 4.93. The Bertz CT molecular complexity index is 346. The second kappa shape index (κ2) is 7.09. The van der Waals surface area contributed by atoms with E-state index in [1.807, 2.05) is 0 Å². The molecule has 1 atom stereocenters. The molecule has 2 rings (SSSR count). The highest BCUT2D eigenvalue weighted by atomic mass is 16.2. The molecule has 4 nitrogen and oxygen atoms in total. The molecule has 0 aromatic rings. The van der Waals surface area contributed by atoms with Crippen LogP contribution in [0, 0.1) is 5.41 Å². The quantitative estimate of drug-likeness (QED) is 0.760. The van der Waals surface area contributed by atoms with Crippen molar-refractivity contribution >= 4 is 11.8 Å². The number of carbonyl (C=O) groups excluding carboxylic acids is 2. The molecule has 0 aromatic heterocycles. The van der Waals surface area contributed by atoms with Gasteiger partial charge < -0.3 is 10.6 Å². The van der Waals surface area contributed by atoms with Crippen LogP contribution in [0.3, 0.4) is 0 Å². The fourth-order valence-electron chi connectivity index (χ4n) is 3.73. The van der Waals surface area contributed by atoms with Gasteiger partial charge in [-0.05, 0) is 24.7 Å². The summed E-state index contributed by atoms with van der Waals surface area (Å²) in [5.41, 5.74) is 0.0513. The Morgan fingerprint density at radius 2 is 2.00 bits per heavy atom. The summed E-state index contributed by atoms with van der Waals surface area (Å²) in [6.45, 7) is 2.87. The van der Waals surface area contributed by atoms with E-state index in [0.29, 0.717) is 12.8 Å². The molecular formula is C16H28N2O2. The van der Waals surface area contributed by atoms with Gasteiger partial charge in [0.25, 0.3) is 0 Å². The third-order valence-corrected chi connectivity index (χ3v) is 4.93. The van der Waals surface area contributed by atoms with E-state index in [0.717, 1.165) is 32.2 Å². The largest absolute Gasteiger partial charge is 0.356 e. The van der Waals surface area contributed by atoms with Gasteiger partial charge in [0.15, 0.2) is 0 Å². The molecule has 1 saturated heterocycles. The van der Waals surface area contributed by atoms with Crippen molar-refractivity contribution in [3.8, 4) is 0 Å². The first-order valence-corrected chi connectivity index (χ1v) is 8.22. The van der Waals surface area contributed by atoms with Gasteiger partial charge in [0.2, 0.25) is 11.8 Å². The first-order chi connectivity index (χ1) is 9.66. The Labute approximate surface area is 122 Å². The molecule has 2 aliphatic rings. The fraction of sp³-hybridized carbons (Fsp3) is 0.875. The van der Waals surface area contributed by atoms with Gasteiger partial charge in [-0.2, -0.15) is 0 Å². The maximum Gasteiger partial charge on any atom is 0.222 e. The van der Waals surface area contributed by atoms with Gasteiger partial charge in [-0.25, -0.2) is 0 Å². The van der Waals surface area contributed by atoms with E-state index in [1.54, 1.807) is 0 Å². The lowest BCUT2D eigenvalue weighted by Gasteiger charge is -2.33. The van der Waals surface area contributed by atoms with Crippen molar-refractivity contribution in [3.05, 3.63) is 0 Å². The summed E-state index contributed by atoms with van der Waals surface area (Å²) in [6, 6.07) is 0.0507. The smallest absolute Gasteiger partial charge is 0.222 e. The van der Waals surface area contributed by atoms with Crippen LogP contribution in [0.2, 0.25) is 0 Å². The molecule has 2 fully saturated rings. The van der Waals surface area contributed by atoms with Gasteiger partial charge in [-0.15, -0.1) is 0 Å². The van der Waals surface area contributed by atoms with E-state index in [-0.39, 0.29) is 23.3 Å². The molecule has 114 valence electrons. The number of carbonyl (C=O) groups is 2. The second-order valence-corrected chi connectivity index (χ2v) is 6.48. The highest BCUT2D eigenvalue weighted by Crippen LogP contribution is 2.45. The van der Waals surface area contributed by atoms with Crippen LogP contribution >= 0.6 is 0 Å². The molecule has 1 aliphatic carbocycles. The standard InChI is InChI=1S/C16H28N2O2/c1-2-3-10-17-14(19)11-13-16(12-15(20)18-13)8-6-4-5-7-9-16/h13H,2-12H2,1H3,(H,17,19)(H,18,20). The molecule has 2 N–H and O–H groups in total. The minimum Gasteiger partial charge on any atom is -0.356 e. The first kappa shape index (κ1) is 15.3. The average Bonchev–Trinajstić information content (AvgIpc) is 2.59. The highest BCUT2D eigenvalue weighted by Gasteiger charge is 2.46. The molecule has 2 amide bonds. The summed E-state index contributed by atoms with van der Waals surface area (Å²) in [5.74, 6) is 0.229. The van der Waals surface area contributed by atoms with Crippen LogP contribution < -0.4 is 10.6 Å². The van der Waals surface area contributed by atoms with E-state index in [2.05, 4.69) is 17.6 Å². The molecular weight excluding hydrogens is 252 g/mol. The number of hydrogen-bond acceptors (Lipinski definition) is 2. The predicted octanol–water partition coefficient (Wildman–Crippen LogP) is 2.52. The number of nitrogens with one attached hydrogen (secondary N) is 2. The normalized spacial score (nSPS) is 25.2. The zero-order valence-electron chi connectivity index (χ0n) is 12.7. The summed E-state index contributed by atoms with van der Waals surface area (Å²) in [6.07, 6.45) is 10.3. The Kier molecular flexibility index (Phi) is 5.44. The SMILES string of the molecule is CCCCNC(=O)CC1NC(=O)CC12CCCCCC2. The predicted molar refractivity (Wildman–Crippen MR) is 79.2 cm³/mol. The van der Waals surface area contributed by atoms with Crippen LogP contribution in [0.1, 0.15) is 71.1 Å². The fourth-order valence-corrected chi connectivity index (χ4v) is 3.73. The van der Waals surface area contributed by atoms with E-state index >= 15 is 0 Å². The van der Waals surface area contributed by atoms with Gasteiger partial charge in [-0.1, -0.05) is 39.0 Å². The molecule has 0 aromatic carbocycles. The van der Waals surface area contributed by atoms with E-state index < -0.39 is 0 Å². The van der Waals surface area contributed by atoms with Gasteiger partial charge in [-0.3, -0.25) is 9.59 Å². The minimum absolute atomic E-state index is 0.0507. The lowest BCUT2D eigenvalue weighted by atomic mass is 9.73. The Morgan fingerprint density at radius 1 is 1.30 bits per heavy atom. The number of unbranched alkanes of at least 4 members (excludes halogenated alkanes) is 1. The van der Waals surface area contributed by atoms with Gasteiger partial charge in [0, 0.05) is 25.4 Å². The molecule has 0 radical (unpaired) electrons. The van der Waals surface area contributed by atoms with E-state index in [9.17, 15) is 9.59 Å². The summed E-state index contributed by atoms with van der Waals surface area (Å²) < 4.78 is 0. The molecule has 0 bridgehead atoms. The summed E-state index contributed by atoms with van der Waals surface area (Å²) >= 11 is 0. The monoisotopic (exact) mass is 280 g/mol. The molecule has 1 saturated carbocycles. The van der Waals surface area contributed by atoms with Crippen LogP contribution in [0.5, 0.6) is 0 Å².